The average Bonchev–Trinajstić information content (AvgIpc) is 2.93. The average molecular weight is 306 g/mol. The number of fused-ring (bicyclic) bond motifs is 1. The summed E-state index contributed by atoms with van der Waals surface area (Å²) in [5.74, 6) is -0.779. The van der Waals surface area contributed by atoms with Crippen LogP contribution in [-0.4, -0.2) is 4.92 Å². The van der Waals surface area contributed by atoms with Crippen molar-refractivity contribution in [3.63, 3.8) is 0 Å². The number of nitro benzene ring substituents is 1. The maximum absolute atomic E-state index is 13.6. The van der Waals surface area contributed by atoms with E-state index < -0.39 is 16.4 Å². The number of hydrogen-bond donors (Lipinski definition) is 1. The quantitative estimate of drug-likeness (QED) is 0.687. The second-order valence-electron chi connectivity index (χ2n) is 5.17. The topological polar surface area (TPSA) is 55.2 Å². The highest BCUT2D eigenvalue weighted by Gasteiger charge is 2.21. The first-order chi connectivity index (χ1) is 10.1. The van der Waals surface area contributed by atoms with Crippen LogP contribution in [-0.2, 0) is 13.0 Å². The van der Waals surface area contributed by atoms with Crippen molar-refractivity contribution < 1.29 is 9.31 Å². The lowest BCUT2D eigenvalue weighted by atomic mass is 9.94. The van der Waals surface area contributed by atoms with Gasteiger partial charge in [0.25, 0.3) is 0 Å². The Balaban J connectivity index is 1.69. The van der Waals surface area contributed by atoms with E-state index in [-0.39, 0.29) is 0 Å². The molecule has 4 nitrogen and oxygen atoms in total. The summed E-state index contributed by atoms with van der Waals surface area (Å²) in [5, 5.41) is 16.1. The third-order valence-corrected chi connectivity index (χ3v) is 4.81. The molecule has 1 aliphatic rings. The fourth-order valence-corrected chi connectivity index (χ4v) is 3.74. The fraction of sp³-hybridized carbons (Fsp3) is 0.333. The highest BCUT2D eigenvalue weighted by Crippen LogP contribution is 2.33. The van der Waals surface area contributed by atoms with Crippen molar-refractivity contribution in [2.75, 3.05) is 0 Å². The highest BCUT2D eigenvalue weighted by atomic mass is 32.1. The first-order valence-electron chi connectivity index (χ1n) is 6.87. The smallest absolute Gasteiger partial charge is 0.304 e. The van der Waals surface area contributed by atoms with E-state index in [0.717, 1.165) is 24.8 Å². The highest BCUT2D eigenvalue weighted by molar-refractivity contribution is 7.10. The van der Waals surface area contributed by atoms with Gasteiger partial charge in [0.05, 0.1) is 4.92 Å². The van der Waals surface area contributed by atoms with E-state index in [2.05, 4.69) is 16.8 Å². The van der Waals surface area contributed by atoms with Gasteiger partial charge in [0.2, 0.25) is 5.82 Å². The van der Waals surface area contributed by atoms with Crippen LogP contribution in [0.5, 0.6) is 0 Å². The Bertz CT molecular complexity index is 671. The van der Waals surface area contributed by atoms with Crippen molar-refractivity contribution in [3.05, 3.63) is 61.6 Å². The molecule has 3 rings (SSSR count). The molecule has 0 saturated heterocycles. The summed E-state index contributed by atoms with van der Waals surface area (Å²) in [4.78, 5) is 11.3. The van der Waals surface area contributed by atoms with Gasteiger partial charge in [0.1, 0.15) is 0 Å². The molecule has 6 heteroatoms. The van der Waals surface area contributed by atoms with Crippen LogP contribution in [0.15, 0.2) is 29.6 Å². The molecule has 1 aromatic heterocycles. The Morgan fingerprint density at radius 3 is 3.05 bits per heavy atom. The SMILES string of the molecule is O=[N+]([O-])c1ccc(CNC2CCCc3sccc32)cc1F. The van der Waals surface area contributed by atoms with Gasteiger partial charge in [0, 0.05) is 23.5 Å². The van der Waals surface area contributed by atoms with E-state index in [1.807, 2.05) is 0 Å². The summed E-state index contributed by atoms with van der Waals surface area (Å²) >= 11 is 1.78. The molecule has 1 aliphatic carbocycles. The molecule has 0 bridgehead atoms. The van der Waals surface area contributed by atoms with E-state index >= 15 is 0 Å². The zero-order chi connectivity index (χ0) is 14.8. The second-order valence-corrected chi connectivity index (χ2v) is 6.17. The molecule has 0 fully saturated rings. The number of hydrogen-bond acceptors (Lipinski definition) is 4. The predicted octanol–water partition coefficient (Wildman–Crippen LogP) is 3.96. The van der Waals surface area contributed by atoms with Crippen molar-refractivity contribution >= 4 is 17.0 Å². The van der Waals surface area contributed by atoms with Crippen molar-refractivity contribution in [3.8, 4) is 0 Å². The molecule has 0 spiro atoms. The van der Waals surface area contributed by atoms with Crippen LogP contribution in [0, 0.1) is 15.9 Å². The molecule has 0 saturated carbocycles. The number of nitro groups is 1. The normalized spacial score (nSPS) is 17.5. The molecule has 0 amide bonds. The summed E-state index contributed by atoms with van der Waals surface area (Å²) in [7, 11) is 0. The van der Waals surface area contributed by atoms with Crippen LogP contribution in [0.1, 0.15) is 34.9 Å². The van der Waals surface area contributed by atoms with Gasteiger partial charge in [-0.1, -0.05) is 6.07 Å². The zero-order valence-corrected chi connectivity index (χ0v) is 12.2. The Kier molecular flexibility index (Phi) is 3.98. The number of halogens is 1. The molecule has 1 atom stereocenters. The molecule has 0 radical (unpaired) electrons. The van der Waals surface area contributed by atoms with Crippen molar-refractivity contribution in [2.24, 2.45) is 0 Å². The first-order valence-corrected chi connectivity index (χ1v) is 7.75. The van der Waals surface area contributed by atoms with Crippen LogP contribution in [0.4, 0.5) is 10.1 Å². The summed E-state index contributed by atoms with van der Waals surface area (Å²) in [5.41, 5.74) is 1.59. The van der Waals surface area contributed by atoms with Gasteiger partial charge in [-0.15, -0.1) is 11.3 Å². The molecular formula is C15H15FN2O2S. The predicted molar refractivity (Wildman–Crippen MR) is 79.9 cm³/mol. The largest absolute Gasteiger partial charge is 0.306 e. The van der Waals surface area contributed by atoms with E-state index in [0.29, 0.717) is 12.6 Å². The molecule has 2 aromatic rings. The summed E-state index contributed by atoms with van der Waals surface area (Å²) in [6, 6.07) is 6.50. The van der Waals surface area contributed by atoms with Crippen molar-refractivity contribution in [1.29, 1.82) is 0 Å². The molecule has 1 heterocycles. The lowest BCUT2D eigenvalue weighted by Gasteiger charge is -2.23. The van der Waals surface area contributed by atoms with Gasteiger partial charge in [-0.3, -0.25) is 10.1 Å². The number of rotatable bonds is 4. The third-order valence-electron chi connectivity index (χ3n) is 3.81. The maximum Gasteiger partial charge on any atom is 0.304 e. The number of thiophene rings is 1. The van der Waals surface area contributed by atoms with Crippen molar-refractivity contribution in [2.45, 2.75) is 31.8 Å². The lowest BCUT2D eigenvalue weighted by Crippen LogP contribution is -2.23. The second kappa shape index (κ2) is 5.91. The van der Waals surface area contributed by atoms with Crippen LogP contribution < -0.4 is 5.32 Å². The number of nitrogens with one attached hydrogen (secondary N) is 1. The number of benzene rings is 1. The molecule has 1 unspecified atom stereocenters. The van der Waals surface area contributed by atoms with E-state index in [9.17, 15) is 14.5 Å². The van der Waals surface area contributed by atoms with Gasteiger partial charge in [-0.2, -0.15) is 4.39 Å². The molecule has 1 aromatic carbocycles. The lowest BCUT2D eigenvalue weighted by molar-refractivity contribution is -0.387. The maximum atomic E-state index is 13.6. The van der Waals surface area contributed by atoms with Gasteiger partial charge >= 0.3 is 5.69 Å². The minimum absolute atomic E-state index is 0.290. The van der Waals surface area contributed by atoms with E-state index in [1.54, 1.807) is 17.4 Å². The van der Waals surface area contributed by atoms with Crippen molar-refractivity contribution in [1.82, 2.24) is 5.32 Å². The van der Waals surface area contributed by atoms with Crippen LogP contribution in [0.2, 0.25) is 0 Å². The molecular weight excluding hydrogens is 291 g/mol. The molecule has 1 N–H and O–H groups in total. The monoisotopic (exact) mass is 306 g/mol. The minimum atomic E-state index is -0.779. The van der Waals surface area contributed by atoms with Crippen LogP contribution in [0.25, 0.3) is 0 Å². The standard InChI is InChI=1S/C15H15FN2O2S/c16-12-8-10(4-5-14(12)18(19)20)9-17-13-2-1-3-15-11(13)6-7-21-15/h4-8,13,17H,1-3,9H2. The van der Waals surface area contributed by atoms with E-state index in [4.69, 9.17) is 0 Å². The van der Waals surface area contributed by atoms with E-state index in [1.165, 1.54) is 22.6 Å². The first kappa shape index (κ1) is 14.2. The van der Waals surface area contributed by atoms with Gasteiger partial charge in [0.15, 0.2) is 0 Å². The molecule has 110 valence electrons. The Morgan fingerprint density at radius 1 is 1.43 bits per heavy atom. The third kappa shape index (κ3) is 2.96. The fourth-order valence-electron chi connectivity index (χ4n) is 2.75. The van der Waals surface area contributed by atoms with Crippen LogP contribution >= 0.6 is 11.3 Å². The Labute approximate surface area is 125 Å². The summed E-state index contributed by atoms with van der Waals surface area (Å²) < 4.78 is 13.6. The van der Waals surface area contributed by atoms with Gasteiger partial charge < -0.3 is 5.32 Å². The minimum Gasteiger partial charge on any atom is -0.306 e. The summed E-state index contributed by atoms with van der Waals surface area (Å²) in [6.45, 7) is 0.509. The van der Waals surface area contributed by atoms with Gasteiger partial charge in [-0.25, -0.2) is 0 Å². The Morgan fingerprint density at radius 2 is 2.29 bits per heavy atom. The summed E-state index contributed by atoms with van der Waals surface area (Å²) in [6.07, 6.45) is 3.36. The number of aryl methyl sites for hydroxylation is 1. The number of nitrogens with zero attached hydrogens (tertiary/aromatic N) is 1. The van der Waals surface area contributed by atoms with Gasteiger partial charge in [-0.05, 0) is 47.9 Å². The molecule has 0 aliphatic heterocycles. The molecule has 21 heavy (non-hydrogen) atoms. The Hall–Kier alpha value is -1.79. The van der Waals surface area contributed by atoms with Crippen LogP contribution in [0.3, 0.4) is 0 Å². The zero-order valence-electron chi connectivity index (χ0n) is 11.3.